The average Bonchev–Trinajstić information content (AvgIpc) is 2.68. The second kappa shape index (κ2) is 7.22. The molecule has 1 rings (SSSR count). The Hall–Kier alpha value is -1.10. The normalized spacial score (nSPS) is 15.1. The van der Waals surface area contributed by atoms with E-state index in [1.807, 2.05) is 20.8 Å². The SMILES string of the molecule is CC(C)(C)OC(=O)N1CCCC1.O=CCO. The molecule has 5 nitrogen and oxygen atoms in total. The van der Waals surface area contributed by atoms with Gasteiger partial charge in [0.2, 0.25) is 0 Å². The summed E-state index contributed by atoms with van der Waals surface area (Å²) in [6.45, 7) is 7.02. The molecule has 0 saturated carbocycles. The quantitative estimate of drug-likeness (QED) is 0.688. The molecule has 0 aromatic rings. The van der Waals surface area contributed by atoms with Gasteiger partial charge >= 0.3 is 6.09 Å². The molecule has 0 radical (unpaired) electrons. The Morgan fingerprint density at radius 2 is 1.81 bits per heavy atom. The Bertz CT molecular complexity index is 217. The molecule has 16 heavy (non-hydrogen) atoms. The number of aliphatic hydroxyl groups excluding tert-OH is 1. The smallest absolute Gasteiger partial charge is 0.410 e. The molecular formula is C11H21NO4. The van der Waals surface area contributed by atoms with E-state index in [4.69, 9.17) is 14.6 Å². The van der Waals surface area contributed by atoms with Gasteiger partial charge in [-0.2, -0.15) is 0 Å². The van der Waals surface area contributed by atoms with E-state index in [1.165, 1.54) is 0 Å². The summed E-state index contributed by atoms with van der Waals surface area (Å²) >= 11 is 0. The zero-order valence-corrected chi connectivity index (χ0v) is 10.2. The van der Waals surface area contributed by atoms with Gasteiger partial charge in [0.15, 0.2) is 0 Å². The molecule has 0 aromatic carbocycles. The summed E-state index contributed by atoms with van der Waals surface area (Å²) < 4.78 is 5.21. The minimum Gasteiger partial charge on any atom is -0.444 e. The molecule has 1 aliphatic rings. The number of amides is 1. The predicted molar refractivity (Wildman–Crippen MR) is 60.2 cm³/mol. The number of rotatable bonds is 1. The van der Waals surface area contributed by atoms with Crippen molar-refractivity contribution in [1.82, 2.24) is 4.90 Å². The zero-order chi connectivity index (χ0) is 12.6. The third kappa shape index (κ3) is 7.23. The van der Waals surface area contributed by atoms with Crippen LogP contribution < -0.4 is 0 Å². The van der Waals surface area contributed by atoms with Crippen LogP contribution in [0.2, 0.25) is 0 Å². The fourth-order valence-electron chi connectivity index (χ4n) is 1.23. The number of aldehydes is 1. The van der Waals surface area contributed by atoms with Gasteiger partial charge in [-0.3, -0.25) is 0 Å². The Balaban J connectivity index is 0.000000487. The van der Waals surface area contributed by atoms with Crippen molar-refractivity contribution in [3.8, 4) is 0 Å². The Morgan fingerprint density at radius 3 is 2.12 bits per heavy atom. The highest BCUT2D eigenvalue weighted by atomic mass is 16.6. The summed E-state index contributed by atoms with van der Waals surface area (Å²) in [6.07, 6.45) is 2.48. The van der Waals surface area contributed by atoms with Crippen LogP contribution in [-0.2, 0) is 9.53 Å². The molecule has 0 spiro atoms. The van der Waals surface area contributed by atoms with Gasteiger partial charge in [0.05, 0.1) is 6.61 Å². The van der Waals surface area contributed by atoms with Gasteiger partial charge in [-0.1, -0.05) is 0 Å². The first kappa shape index (κ1) is 14.9. The first-order chi connectivity index (χ1) is 7.40. The second-order valence-electron chi connectivity index (χ2n) is 4.52. The van der Waals surface area contributed by atoms with Gasteiger partial charge < -0.3 is 19.5 Å². The van der Waals surface area contributed by atoms with Gasteiger partial charge in [0.25, 0.3) is 0 Å². The van der Waals surface area contributed by atoms with Crippen LogP contribution in [-0.4, -0.2) is 47.7 Å². The highest BCUT2D eigenvalue weighted by molar-refractivity contribution is 5.68. The van der Waals surface area contributed by atoms with Crippen molar-refractivity contribution >= 4 is 12.4 Å². The van der Waals surface area contributed by atoms with Gasteiger partial charge in [-0.15, -0.1) is 0 Å². The van der Waals surface area contributed by atoms with E-state index in [9.17, 15) is 4.79 Å². The van der Waals surface area contributed by atoms with Gasteiger partial charge in [0, 0.05) is 13.1 Å². The summed E-state index contributed by atoms with van der Waals surface area (Å²) in [5, 5.41) is 7.51. The number of ether oxygens (including phenoxy) is 1. The number of aliphatic hydroxyl groups is 1. The molecule has 94 valence electrons. The number of carbonyl (C=O) groups is 2. The minimum absolute atomic E-state index is 0.167. The van der Waals surface area contributed by atoms with Gasteiger partial charge in [0.1, 0.15) is 11.9 Å². The maximum Gasteiger partial charge on any atom is 0.410 e. The van der Waals surface area contributed by atoms with E-state index in [-0.39, 0.29) is 18.3 Å². The van der Waals surface area contributed by atoms with Crippen LogP contribution in [0.4, 0.5) is 4.79 Å². The first-order valence-corrected chi connectivity index (χ1v) is 5.43. The summed E-state index contributed by atoms with van der Waals surface area (Å²) in [5.41, 5.74) is -0.361. The molecule has 1 saturated heterocycles. The molecule has 0 aliphatic carbocycles. The molecule has 0 atom stereocenters. The molecule has 1 fully saturated rings. The topological polar surface area (TPSA) is 66.8 Å². The Kier molecular flexibility index (Phi) is 6.72. The molecule has 1 heterocycles. The zero-order valence-electron chi connectivity index (χ0n) is 10.2. The maximum atomic E-state index is 11.4. The standard InChI is InChI=1S/C9H17NO2.C2H4O2/c1-9(2,3)12-8(11)10-6-4-5-7-10;3-1-2-4/h4-7H2,1-3H3;1,4H,2H2. The Morgan fingerprint density at radius 1 is 1.38 bits per heavy atom. The number of nitrogens with zero attached hydrogens (tertiary/aromatic N) is 1. The van der Waals surface area contributed by atoms with Crippen LogP contribution in [0.1, 0.15) is 33.6 Å². The lowest BCUT2D eigenvalue weighted by Gasteiger charge is -2.23. The molecule has 1 aliphatic heterocycles. The van der Waals surface area contributed by atoms with Crippen molar-refractivity contribution in [2.75, 3.05) is 19.7 Å². The highest BCUT2D eigenvalue weighted by Gasteiger charge is 2.23. The summed E-state index contributed by atoms with van der Waals surface area (Å²) in [7, 11) is 0. The van der Waals surface area contributed by atoms with Crippen LogP contribution >= 0.6 is 0 Å². The largest absolute Gasteiger partial charge is 0.444 e. The lowest BCUT2D eigenvalue weighted by molar-refractivity contribution is -0.110. The first-order valence-electron chi connectivity index (χ1n) is 5.43. The fraction of sp³-hybridized carbons (Fsp3) is 0.818. The average molecular weight is 231 g/mol. The van der Waals surface area contributed by atoms with Crippen molar-refractivity contribution in [3.63, 3.8) is 0 Å². The second-order valence-corrected chi connectivity index (χ2v) is 4.52. The molecule has 0 unspecified atom stereocenters. The van der Waals surface area contributed by atoms with Crippen LogP contribution in [0.15, 0.2) is 0 Å². The predicted octanol–water partition coefficient (Wildman–Crippen LogP) is 1.19. The minimum atomic E-state index is -0.361. The van der Waals surface area contributed by atoms with Gasteiger partial charge in [-0.05, 0) is 33.6 Å². The summed E-state index contributed by atoms with van der Waals surface area (Å²) in [4.78, 5) is 22.1. The molecule has 1 N–H and O–H groups in total. The van der Waals surface area contributed by atoms with Crippen molar-refractivity contribution in [2.24, 2.45) is 0 Å². The van der Waals surface area contributed by atoms with Crippen LogP contribution in [0.25, 0.3) is 0 Å². The van der Waals surface area contributed by atoms with Crippen molar-refractivity contribution in [1.29, 1.82) is 0 Å². The van der Waals surface area contributed by atoms with Crippen molar-refractivity contribution in [3.05, 3.63) is 0 Å². The lowest BCUT2D eigenvalue weighted by atomic mass is 10.2. The van der Waals surface area contributed by atoms with Crippen molar-refractivity contribution in [2.45, 2.75) is 39.2 Å². The van der Waals surface area contributed by atoms with E-state index in [0.717, 1.165) is 25.9 Å². The molecule has 0 aromatic heterocycles. The molecule has 0 bridgehead atoms. The highest BCUT2D eigenvalue weighted by Crippen LogP contribution is 2.14. The summed E-state index contributed by atoms with van der Waals surface area (Å²) in [6, 6.07) is 0. The number of likely N-dealkylation sites (tertiary alicyclic amines) is 1. The van der Waals surface area contributed by atoms with E-state index in [2.05, 4.69) is 0 Å². The van der Waals surface area contributed by atoms with Crippen LogP contribution in [0.3, 0.4) is 0 Å². The molecule has 5 heteroatoms. The van der Waals surface area contributed by atoms with E-state index < -0.39 is 0 Å². The maximum absolute atomic E-state index is 11.4. The van der Waals surface area contributed by atoms with E-state index >= 15 is 0 Å². The van der Waals surface area contributed by atoms with E-state index in [1.54, 1.807) is 4.90 Å². The van der Waals surface area contributed by atoms with Crippen molar-refractivity contribution < 1.29 is 19.4 Å². The van der Waals surface area contributed by atoms with Crippen LogP contribution in [0, 0.1) is 0 Å². The third-order valence-electron chi connectivity index (χ3n) is 1.83. The number of carbonyl (C=O) groups excluding carboxylic acids is 2. The lowest BCUT2D eigenvalue weighted by Crippen LogP contribution is -2.34. The Labute approximate surface area is 96.4 Å². The van der Waals surface area contributed by atoms with Gasteiger partial charge in [-0.25, -0.2) is 4.79 Å². The monoisotopic (exact) mass is 231 g/mol. The molecular weight excluding hydrogens is 210 g/mol. The molecule has 1 amide bonds. The fourth-order valence-corrected chi connectivity index (χ4v) is 1.23. The third-order valence-corrected chi connectivity index (χ3v) is 1.83. The van der Waals surface area contributed by atoms with E-state index in [0.29, 0.717) is 6.29 Å². The van der Waals surface area contributed by atoms with Crippen LogP contribution in [0.5, 0.6) is 0 Å². The number of hydrogen-bond donors (Lipinski definition) is 1. The summed E-state index contributed by atoms with van der Waals surface area (Å²) in [5.74, 6) is 0. The number of hydrogen-bond acceptors (Lipinski definition) is 4.